The minimum Gasteiger partial charge on any atom is -0.357 e. The van der Waals surface area contributed by atoms with Crippen LogP contribution in [-0.4, -0.2) is 22.3 Å². The number of hydrogen-bond donors (Lipinski definition) is 2. The fraction of sp³-hybridized carbons (Fsp3) is 0.444. The third-order valence-corrected chi connectivity index (χ3v) is 4.34. The van der Waals surface area contributed by atoms with E-state index in [4.69, 9.17) is 16.6 Å². The van der Waals surface area contributed by atoms with Gasteiger partial charge in [-0.3, -0.25) is 4.68 Å². The number of nitrogens with one attached hydrogen (secondary N) is 2. The summed E-state index contributed by atoms with van der Waals surface area (Å²) in [6.07, 6.45) is 0. The Kier molecular flexibility index (Phi) is 8.71. The Morgan fingerprint density at radius 1 is 1.36 bits per heavy atom. The number of guanidine groups is 1. The van der Waals surface area contributed by atoms with Crippen molar-refractivity contribution in [3.63, 3.8) is 0 Å². The summed E-state index contributed by atoms with van der Waals surface area (Å²) in [5.74, 6) is 0.785. The Labute approximate surface area is 172 Å². The van der Waals surface area contributed by atoms with Crippen LogP contribution in [0.4, 0.5) is 0 Å². The lowest BCUT2D eigenvalue weighted by molar-refractivity contribution is 0.686. The van der Waals surface area contributed by atoms with Crippen LogP contribution in [0.5, 0.6) is 0 Å². The molecular formula is C18H27ClIN5. The zero-order valence-electron chi connectivity index (χ0n) is 15.4. The highest BCUT2D eigenvalue weighted by Crippen LogP contribution is 2.17. The number of halogens is 2. The number of benzene rings is 1. The van der Waals surface area contributed by atoms with E-state index in [1.54, 1.807) is 0 Å². The van der Waals surface area contributed by atoms with Crippen molar-refractivity contribution >= 4 is 41.5 Å². The molecule has 0 aliphatic rings. The second-order valence-corrected chi connectivity index (χ2v) is 6.33. The van der Waals surface area contributed by atoms with Crippen LogP contribution in [0.3, 0.4) is 0 Å². The van der Waals surface area contributed by atoms with Crippen LogP contribution in [0.25, 0.3) is 0 Å². The SMILES string of the molecule is CCNC(=NCc1c(C)nn(C)c1C)NC(C)c1cccc(Cl)c1.I. The number of aryl methyl sites for hydroxylation is 2. The topological polar surface area (TPSA) is 54.2 Å². The predicted octanol–water partition coefficient (Wildman–Crippen LogP) is 4.12. The Hall–Kier alpha value is -1.28. The fourth-order valence-corrected chi connectivity index (χ4v) is 2.79. The average molecular weight is 476 g/mol. The maximum Gasteiger partial charge on any atom is 0.192 e. The maximum absolute atomic E-state index is 6.08. The van der Waals surface area contributed by atoms with Crippen LogP contribution < -0.4 is 10.6 Å². The van der Waals surface area contributed by atoms with Crippen molar-refractivity contribution in [2.75, 3.05) is 6.54 Å². The minimum absolute atomic E-state index is 0. The van der Waals surface area contributed by atoms with Crippen molar-refractivity contribution in [3.8, 4) is 0 Å². The first-order chi connectivity index (χ1) is 11.4. The number of rotatable bonds is 5. The van der Waals surface area contributed by atoms with Gasteiger partial charge in [-0.1, -0.05) is 23.7 Å². The quantitative estimate of drug-likeness (QED) is 0.388. The smallest absolute Gasteiger partial charge is 0.192 e. The second kappa shape index (κ2) is 10.0. The van der Waals surface area contributed by atoms with Crippen molar-refractivity contribution in [1.29, 1.82) is 0 Å². The third kappa shape index (κ3) is 5.88. The molecule has 0 aliphatic heterocycles. The van der Waals surface area contributed by atoms with Gasteiger partial charge in [-0.05, 0) is 45.4 Å². The highest BCUT2D eigenvalue weighted by molar-refractivity contribution is 14.0. The lowest BCUT2D eigenvalue weighted by Gasteiger charge is -2.18. The molecule has 1 heterocycles. The van der Waals surface area contributed by atoms with Gasteiger partial charge in [0.2, 0.25) is 0 Å². The van der Waals surface area contributed by atoms with Crippen molar-refractivity contribution in [1.82, 2.24) is 20.4 Å². The highest BCUT2D eigenvalue weighted by atomic mass is 127. The second-order valence-electron chi connectivity index (χ2n) is 5.89. The molecule has 7 heteroatoms. The molecule has 1 atom stereocenters. The highest BCUT2D eigenvalue weighted by Gasteiger charge is 2.11. The Bertz CT molecular complexity index is 726. The third-order valence-electron chi connectivity index (χ3n) is 4.10. The summed E-state index contributed by atoms with van der Waals surface area (Å²) in [6, 6.07) is 7.98. The monoisotopic (exact) mass is 475 g/mol. The summed E-state index contributed by atoms with van der Waals surface area (Å²) in [7, 11) is 1.96. The number of aliphatic imine (C=N–C) groups is 1. The zero-order valence-corrected chi connectivity index (χ0v) is 18.5. The first kappa shape index (κ1) is 21.8. The standard InChI is InChI=1S/C18H26ClN5.HI/c1-6-20-18(21-11-17-13(3)23-24(5)14(17)4)22-12(2)15-8-7-9-16(19)10-15;/h7-10,12H,6,11H2,1-5H3,(H2,20,21,22);1H. The largest absolute Gasteiger partial charge is 0.357 e. The van der Waals surface area contributed by atoms with E-state index in [0.29, 0.717) is 6.54 Å². The van der Waals surface area contributed by atoms with Gasteiger partial charge < -0.3 is 10.6 Å². The molecule has 1 aromatic carbocycles. The van der Waals surface area contributed by atoms with E-state index in [9.17, 15) is 0 Å². The number of hydrogen-bond acceptors (Lipinski definition) is 2. The molecule has 138 valence electrons. The number of nitrogens with zero attached hydrogens (tertiary/aromatic N) is 3. The first-order valence-electron chi connectivity index (χ1n) is 8.21. The fourth-order valence-electron chi connectivity index (χ4n) is 2.59. The lowest BCUT2D eigenvalue weighted by atomic mass is 10.1. The van der Waals surface area contributed by atoms with E-state index in [1.807, 2.05) is 36.9 Å². The average Bonchev–Trinajstić information content (AvgIpc) is 2.78. The molecular weight excluding hydrogens is 449 g/mol. The predicted molar refractivity (Wildman–Crippen MR) is 116 cm³/mol. The molecule has 1 aromatic heterocycles. The normalized spacial score (nSPS) is 12.5. The summed E-state index contributed by atoms with van der Waals surface area (Å²) in [4.78, 5) is 4.71. The summed E-state index contributed by atoms with van der Waals surface area (Å²) in [6.45, 7) is 9.65. The van der Waals surface area contributed by atoms with Crippen molar-refractivity contribution in [2.45, 2.75) is 40.3 Å². The zero-order chi connectivity index (χ0) is 17.7. The van der Waals surface area contributed by atoms with E-state index in [1.165, 1.54) is 5.56 Å². The molecule has 0 amide bonds. The Morgan fingerprint density at radius 2 is 2.08 bits per heavy atom. The van der Waals surface area contributed by atoms with Crippen LogP contribution in [0, 0.1) is 13.8 Å². The molecule has 0 saturated heterocycles. The first-order valence-corrected chi connectivity index (χ1v) is 8.59. The van der Waals surface area contributed by atoms with Gasteiger partial charge in [0.05, 0.1) is 18.3 Å². The lowest BCUT2D eigenvalue weighted by Crippen LogP contribution is -2.38. The molecule has 2 aromatic rings. The number of aromatic nitrogens is 2. The summed E-state index contributed by atoms with van der Waals surface area (Å²) >= 11 is 6.08. The van der Waals surface area contributed by atoms with Crippen LogP contribution in [0.2, 0.25) is 5.02 Å². The summed E-state index contributed by atoms with van der Waals surface area (Å²) in [5.41, 5.74) is 4.47. The van der Waals surface area contributed by atoms with Gasteiger partial charge in [0.15, 0.2) is 5.96 Å². The molecule has 0 bridgehead atoms. The van der Waals surface area contributed by atoms with Crippen LogP contribution in [0.15, 0.2) is 29.3 Å². The van der Waals surface area contributed by atoms with Crippen LogP contribution >= 0.6 is 35.6 Å². The van der Waals surface area contributed by atoms with Crippen LogP contribution in [-0.2, 0) is 13.6 Å². The van der Waals surface area contributed by atoms with Crippen LogP contribution in [0.1, 0.15) is 42.4 Å². The van der Waals surface area contributed by atoms with Gasteiger partial charge in [-0.25, -0.2) is 4.99 Å². The molecule has 5 nitrogen and oxygen atoms in total. The molecule has 2 N–H and O–H groups in total. The summed E-state index contributed by atoms with van der Waals surface area (Å²) in [5, 5.41) is 11.9. The molecule has 2 rings (SSSR count). The molecule has 0 fully saturated rings. The van der Waals surface area contributed by atoms with Gasteiger partial charge in [-0.15, -0.1) is 24.0 Å². The molecule has 0 radical (unpaired) electrons. The molecule has 1 unspecified atom stereocenters. The molecule has 0 saturated carbocycles. The Morgan fingerprint density at radius 3 is 2.64 bits per heavy atom. The van der Waals surface area contributed by atoms with Gasteiger partial charge in [0, 0.05) is 29.9 Å². The van der Waals surface area contributed by atoms with E-state index < -0.39 is 0 Å². The van der Waals surface area contributed by atoms with Gasteiger partial charge in [0.1, 0.15) is 0 Å². The minimum atomic E-state index is 0. The van der Waals surface area contributed by atoms with E-state index in [0.717, 1.165) is 34.5 Å². The maximum atomic E-state index is 6.08. The van der Waals surface area contributed by atoms with E-state index in [-0.39, 0.29) is 30.0 Å². The molecule has 0 aliphatic carbocycles. The van der Waals surface area contributed by atoms with Gasteiger partial charge in [0.25, 0.3) is 0 Å². The van der Waals surface area contributed by atoms with Gasteiger partial charge >= 0.3 is 0 Å². The van der Waals surface area contributed by atoms with Gasteiger partial charge in [-0.2, -0.15) is 5.10 Å². The Balaban J connectivity index is 0.00000312. The van der Waals surface area contributed by atoms with E-state index >= 15 is 0 Å². The summed E-state index contributed by atoms with van der Waals surface area (Å²) < 4.78 is 1.90. The van der Waals surface area contributed by atoms with E-state index in [2.05, 4.69) is 42.6 Å². The van der Waals surface area contributed by atoms with Crippen molar-refractivity contribution < 1.29 is 0 Å². The van der Waals surface area contributed by atoms with Crippen molar-refractivity contribution in [2.24, 2.45) is 12.0 Å². The van der Waals surface area contributed by atoms with Crippen molar-refractivity contribution in [3.05, 3.63) is 51.8 Å². The molecule has 25 heavy (non-hydrogen) atoms. The molecule has 0 spiro atoms.